The van der Waals surface area contributed by atoms with E-state index >= 15 is 0 Å². The number of pyridine rings is 2. The second-order valence-electron chi connectivity index (χ2n) is 11.0. The molecule has 0 spiro atoms. The van der Waals surface area contributed by atoms with Gasteiger partial charge in [-0.1, -0.05) is 18.2 Å². The first-order valence-electron chi connectivity index (χ1n) is 13.6. The molecule has 1 aliphatic heterocycles. The van der Waals surface area contributed by atoms with Gasteiger partial charge in [0.15, 0.2) is 0 Å². The van der Waals surface area contributed by atoms with Gasteiger partial charge in [-0.15, -0.1) is 0 Å². The normalized spacial score (nSPS) is 15.6. The molecule has 5 rings (SSSR count). The van der Waals surface area contributed by atoms with Gasteiger partial charge in [-0.3, -0.25) is 4.79 Å². The lowest BCUT2D eigenvalue weighted by Crippen LogP contribution is -2.42. The first-order valence-corrected chi connectivity index (χ1v) is 13.6. The van der Waals surface area contributed by atoms with Crippen molar-refractivity contribution >= 4 is 28.2 Å². The molecule has 0 aliphatic carbocycles. The SMILES string of the molecule is COC(=O)c1ccccc1NC(C)c1cc(C)cc2c(=O)n(C)c(-c3ccc(N4CCC(C)(O)CC4)nc3)cc12. The lowest BCUT2D eigenvalue weighted by Gasteiger charge is -2.36. The Kier molecular flexibility index (Phi) is 7.38. The van der Waals surface area contributed by atoms with Gasteiger partial charge in [0, 0.05) is 49.0 Å². The highest BCUT2D eigenvalue weighted by Crippen LogP contribution is 2.32. The molecule has 8 heteroatoms. The third-order valence-corrected chi connectivity index (χ3v) is 7.91. The van der Waals surface area contributed by atoms with Crippen LogP contribution in [0.25, 0.3) is 22.0 Å². The van der Waals surface area contributed by atoms with Gasteiger partial charge in [-0.2, -0.15) is 0 Å². The summed E-state index contributed by atoms with van der Waals surface area (Å²) in [5.41, 5.74) is 3.97. The van der Waals surface area contributed by atoms with E-state index in [1.54, 1.807) is 23.7 Å². The van der Waals surface area contributed by atoms with Gasteiger partial charge in [0.1, 0.15) is 5.82 Å². The molecule has 1 fully saturated rings. The van der Waals surface area contributed by atoms with E-state index in [-0.39, 0.29) is 11.6 Å². The number of nitrogens with zero attached hydrogens (tertiary/aromatic N) is 3. The lowest BCUT2D eigenvalue weighted by atomic mass is 9.94. The zero-order valence-electron chi connectivity index (χ0n) is 23.7. The lowest BCUT2D eigenvalue weighted by molar-refractivity contribution is 0.0350. The minimum Gasteiger partial charge on any atom is -0.465 e. The number of anilines is 2. The van der Waals surface area contributed by atoms with Crippen molar-refractivity contribution in [2.45, 2.75) is 45.3 Å². The number of rotatable bonds is 6. The maximum atomic E-state index is 13.6. The van der Waals surface area contributed by atoms with Crippen molar-refractivity contribution in [3.8, 4) is 11.3 Å². The van der Waals surface area contributed by atoms with E-state index in [0.29, 0.717) is 29.5 Å². The number of carbonyl (C=O) groups is 1. The number of carbonyl (C=O) groups excluding carboxylic acids is 1. The van der Waals surface area contributed by atoms with Gasteiger partial charge in [-0.25, -0.2) is 9.78 Å². The zero-order valence-corrected chi connectivity index (χ0v) is 23.7. The number of aromatic nitrogens is 2. The molecule has 0 saturated carbocycles. The van der Waals surface area contributed by atoms with E-state index in [0.717, 1.165) is 46.7 Å². The van der Waals surface area contributed by atoms with Crippen LogP contribution in [0.15, 0.2) is 65.6 Å². The van der Waals surface area contributed by atoms with Crippen LogP contribution in [-0.4, -0.2) is 46.4 Å². The molecule has 3 heterocycles. The number of nitrogens with one attached hydrogen (secondary N) is 1. The first kappa shape index (κ1) is 27.4. The highest BCUT2D eigenvalue weighted by atomic mass is 16.5. The predicted octanol–water partition coefficient (Wildman–Crippen LogP) is 5.22. The fraction of sp³-hybridized carbons (Fsp3) is 0.344. The van der Waals surface area contributed by atoms with Crippen LogP contribution in [0.5, 0.6) is 0 Å². The molecule has 0 amide bonds. The Morgan fingerprint density at radius 3 is 2.50 bits per heavy atom. The monoisotopic (exact) mass is 540 g/mol. The quantitative estimate of drug-likeness (QED) is 0.324. The maximum absolute atomic E-state index is 13.6. The second kappa shape index (κ2) is 10.8. The fourth-order valence-electron chi connectivity index (χ4n) is 5.47. The van der Waals surface area contributed by atoms with E-state index in [2.05, 4.69) is 16.3 Å². The van der Waals surface area contributed by atoms with Crippen LogP contribution in [0, 0.1) is 6.92 Å². The molecule has 40 heavy (non-hydrogen) atoms. The Morgan fingerprint density at radius 1 is 1.10 bits per heavy atom. The summed E-state index contributed by atoms with van der Waals surface area (Å²) >= 11 is 0. The summed E-state index contributed by atoms with van der Waals surface area (Å²) in [6, 6.07) is 17.1. The minimum atomic E-state index is -0.622. The van der Waals surface area contributed by atoms with Crippen LogP contribution in [0.1, 0.15) is 54.2 Å². The number of hydrogen-bond donors (Lipinski definition) is 2. The van der Waals surface area contributed by atoms with Crippen LogP contribution in [0.3, 0.4) is 0 Å². The van der Waals surface area contributed by atoms with Gasteiger partial charge in [0.05, 0.1) is 24.0 Å². The Bertz CT molecular complexity index is 1620. The molecule has 8 nitrogen and oxygen atoms in total. The van der Waals surface area contributed by atoms with Crippen molar-refractivity contribution in [3.05, 3.63) is 87.8 Å². The third kappa shape index (κ3) is 5.31. The number of benzene rings is 2. The highest BCUT2D eigenvalue weighted by molar-refractivity contribution is 5.96. The Morgan fingerprint density at radius 2 is 1.82 bits per heavy atom. The zero-order chi connectivity index (χ0) is 28.6. The first-order chi connectivity index (χ1) is 19.1. The minimum absolute atomic E-state index is 0.0815. The van der Waals surface area contributed by atoms with Gasteiger partial charge in [0.25, 0.3) is 5.56 Å². The van der Waals surface area contributed by atoms with Gasteiger partial charge in [-0.05, 0) is 86.5 Å². The van der Waals surface area contributed by atoms with E-state index in [4.69, 9.17) is 9.72 Å². The standard InChI is InChI=1S/C32H36N4O4/c1-20-16-24(21(2)34-27-9-7-6-8-23(27)31(38)40-5)25-18-28(35(4)30(37)26(25)17-20)22-10-11-29(33-19-22)36-14-12-32(3,39)13-15-36/h6-11,16-19,21,34,39H,12-15H2,1-5H3. The average molecular weight is 541 g/mol. The smallest absolute Gasteiger partial charge is 0.339 e. The van der Waals surface area contributed by atoms with E-state index in [1.807, 2.05) is 63.4 Å². The summed E-state index contributed by atoms with van der Waals surface area (Å²) < 4.78 is 6.63. The molecule has 1 aliphatic rings. The van der Waals surface area contributed by atoms with E-state index < -0.39 is 11.6 Å². The Hall–Kier alpha value is -4.17. The summed E-state index contributed by atoms with van der Waals surface area (Å²) in [5, 5.41) is 15.2. The number of methoxy groups -OCH3 is 1. The Labute approximate surface area is 234 Å². The third-order valence-electron chi connectivity index (χ3n) is 7.91. The molecule has 4 aromatic rings. The van der Waals surface area contributed by atoms with E-state index in [1.165, 1.54) is 7.11 Å². The molecule has 208 valence electrons. The van der Waals surface area contributed by atoms with Crippen LogP contribution in [-0.2, 0) is 11.8 Å². The van der Waals surface area contributed by atoms with E-state index in [9.17, 15) is 14.7 Å². The highest BCUT2D eigenvalue weighted by Gasteiger charge is 2.28. The number of ether oxygens (including phenoxy) is 1. The van der Waals surface area contributed by atoms with Gasteiger partial charge >= 0.3 is 5.97 Å². The fourth-order valence-corrected chi connectivity index (χ4v) is 5.47. The van der Waals surface area contributed by atoms with Gasteiger partial charge in [0.2, 0.25) is 0 Å². The summed E-state index contributed by atoms with van der Waals surface area (Å²) in [7, 11) is 3.15. The number of para-hydroxylation sites is 1. The second-order valence-corrected chi connectivity index (χ2v) is 11.0. The van der Waals surface area contributed by atoms with Crippen LogP contribution in [0.4, 0.5) is 11.5 Å². The van der Waals surface area contributed by atoms with Crippen LogP contribution >= 0.6 is 0 Å². The number of piperidine rings is 1. The predicted molar refractivity (Wildman–Crippen MR) is 159 cm³/mol. The summed E-state index contributed by atoms with van der Waals surface area (Å²) in [4.78, 5) is 32.8. The van der Waals surface area contributed by atoms with Crippen molar-refractivity contribution in [2.75, 3.05) is 30.4 Å². The molecule has 1 unspecified atom stereocenters. The summed E-state index contributed by atoms with van der Waals surface area (Å²) in [6.45, 7) is 7.38. The molecule has 1 atom stereocenters. The number of fused-ring (bicyclic) bond motifs is 1. The molecule has 0 radical (unpaired) electrons. The number of hydrogen-bond acceptors (Lipinski definition) is 7. The van der Waals surface area contributed by atoms with Crippen molar-refractivity contribution < 1.29 is 14.6 Å². The topological polar surface area (TPSA) is 96.7 Å². The largest absolute Gasteiger partial charge is 0.465 e. The van der Waals surface area contributed by atoms with Crippen LogP contribution < -0.4 is 15.8 Å². The van der Waals surface area contributed by atoms with Crippen molar-refractivity contribution in [1.29, 1.82) is 0 Å². The molecule has 1 saturated heterocycles. The van der Waals surface area contributed by atoms with Crippen LogP contribution in [0.2, 0.25) is 0 Å². The summed E-state index contributed by atoms with van der Waals surface area (Å²) in [6.07, 6.45) is 3.22. The molecule has 2 N–H and O–H groups in total. The number of aliphatic hydroxyl groups is 1. The van der Waals surface area contributed by atoms with Gasteiger partial charge < -0.3 is 24.6 Å². The molecule has 0 bridgehead atoms. The number of esters is 1. The van der Waals surface area contributed by atoms with Crippen molar-refractivity contribution in [3.63, 3.8) is 0 Å². The average Bonchev–Trinajstić information content (AvgIpc) is 2.95. The Balaban J connectivity index is 1.52. The summed E-state index contributed by atoms with van der Waals surface area (Å²) in [5.74, 6) is 0.454. The molecule has 2 aromatic carbocycles. The molecular formula is C32H36N4O4. The maximum Gasteiger partial charge on any atom is 0.339 e. The van der Waals surface area contributed by atoms with Crippen molar-refractivity contribution in [2.24, 2.45) is 7.05 Å². The van der Waals surface area contributed by atoms with Crippen molar-refractivity contribution in [1.82, 2.24) is 9.55 Å². The molecule has 2 aromatic heterocycles. The number of aryl methyl sites for hydroxylation is 1. The molecular weight excluding hydrogens is 504 g/mol.